The molecule has 0 aromatic heterocycles. The van der Waals surface area contributed by atoms with E-state index in [9.17, 15) is 0 Å². The summed E-state index contributed by atoms with van der Waals surface area (Å²) in [5.41, 5.74) is 0. The first kappa shape index (κ1) is 18.6. The number of hydrogen-bond acceptors (Lipinski definition) is 5. The normalized spacial score (nSPS) is 8.77. The lowest BCUT2D eigenvalue weighted by Crippen LogP contribution is -2.15. The van der Waals surface area contributed by atoms with Crippen molar-refractivity contribution < 1.29 is 25.5 Å². The molecule has 0 fully saturated rings. The van der Waals surface area contributed by atoms with Crippen LogP contribution in [-0.2, 0) is 0 Å². The summed E-state index contributed by atoms with van der Waals surface area (Å²) < 4.78 is 0. The molecule has 0 aromatic rings. The van der Waals surface area contributed by atoms with Gasteiger partial charge in [0.05, 0.1) is 13.2 Å². The molecule has 5 nitrogen and oxygen atoms in total. The van der Waals surface area contributed by atoms with Gasteiger partial charge in [-0.05, 0) is 20.8 Å². The summed E-state index contributed by atoms with van der Waals surface area (Å²) in [4.78, 5) is 0. The van der Waals surface area contributed by atoms with Crippen LogP contribution in [0.3, 0.4) is 0 Å². The van der Waals surface area contributed by atoms with Crippen molar-refractivity contribution in [1.29, 1.82) is 0 Å². The molecule has 0 heterocycles. The highest BCUT2D eigenvalue weighted by molar-refractivity contribution is 4.43. The summed E-state index contributed by atoms with van der Waals surface area (Å²) in [5.74, 6) is 0. The predicted octanol–water partition coefficient (Wildman–Crippen LogP) is -1.28. The van der Waals surface area contributed by atoms with Gasteiger partial charge in [-0.3, -0.25) is 0 Å². The zero-order valence-electron chi connectivity index (χ0n) is 8.51. The van der Waals surface area contributed by atoms with Crippen LogP contribution < -0.4 is 0 Å². The van der Waals surface area contributed by atoms with Gasteiger partial charge in [-0.15, -0.1) is 0 Å². The van der Waals surface area contributed by atoms with Gasteiger partial charge in [0.1, 0.15) is 6.10 Å². The van der Waals surface area contributed by atoms with Crippen molar-refractivity contribution >= 4 is 0 Å². The molecule has 0 aliphatic heterocycles. The van der Waals surface area contributed by atoms with Crippen LogP contribution >= 0.6 is 0 Å². The lowest BCUT2D eigenvalue weighted by Gasteiger charge is -1.96. The van der Waals surface area contributed by atoms with E-state index in [-0.39, 0.29) is 25.9 Å². The lowest BCUT2D eigenvalue weighted by molar-refractivity contribution is 0.0450. The molecule has 0 aromatic carbocycles. The van der Waals surface area contributed by atoms with Crippen LogP contribution in [0.4, 0.5) is 0 Å². The van der Waals surface area contributed by atoms with E-state index < -0.39 is 6.10 Å². The minimum Gasteiger partial charge on any atom is -0.397 e. The van der Waals surface area contributed by atoms with Gasteiger partial charge in [0.15, 0.2) is 0 Å². The molecule has 0 aliphatic carbocycles. The molecule has 13 heavy (non-hydrogen) atoms. The summed E-state index contributed by atoms with van der Waals surface area (Å²) in [6, 6.07) is 0. The third-order valence-corrected chi connectivity index (χ3v) is 0.421. The number of rotatable bonds is 2. The molecular weight excluding hydrogens is 176 g/mol. The maximum Gasteiger partial charge on any atom is 0.100 e. The van der Waals surface area contributed by atoms with Crippen molar-refractivity contribution in [1.82, 2.24) is 0 Å². The van der Waals surface area contributed by atoms with E-state index >= 15 is 0 Å². The van der Waals surface area contributed by atoms with Crippen LogP contribution in [0.2, 0.25) is 0 Å². The molecule has 0 aliphatic rings. The summed E-state index contributed by atoms with van der Waals surface area (Å²) in [7, 11) is 0. The smallest absolute Gasteiger partial charge is 0.100 e. The van der Waals surface area contributed by atoms with Gasteiger partial charge in [-0.1, -0.05) is 0 Å². The van der Waals surface area contributed by atoms with Crippen molar-refractivity contribution in [2.75, 3.05) is 19.8 Å². The van der Waals surface area contributed by atoms with Crippen LogP contribution in [0.15, 0.2) is 0 Å². The molecule has 0 radical (unpaired) electrons. The average molecular weight is 198 g/mol. The highest BCUT2D eigenvalue weighted by atomic mass is 16.3. The van der Waals surface area contributed by atoms with Crippen molar-refractivity contribution in [3.05, 3.63) is 0 Å². The molecular formula is C8H22O5. The van der Waals surface area contributed by atoms with Crippen LogP contribution in [-0.4, -0.2) is 57.6 Å². The van der Waals surface area contributed by atoms with Crippen LogP contribution in [0, 0.1) is 0 Å². The van der Waals surface area contributed by atoms with Crippen molar-refractivity contribution in [3.8, 4) is 0 Å². The van der Waals surface area contributed by atoms with Gasteiger partial charge >= 0.3 is 0 Å². The minimum atomic E-state index is -0.954. The largest absolute Gasteiger partial charge is 0.397 e. The van der Waals surface area contributed by atoms with E-state index in [1.165, 1.54) is 0 Å². The molecule has 0 spiro atoms. The molecule has 0 amide bonds. The Morgan fingerprint density at radius 1 is 0.923 bits per heavy atom. The SMILES string of the molecule is CC(C)O.CCO.OCC(O)CO. The van der Waals surface area contributed by atoms with Crippen molar-refractivity contribution in [3.63, 3.8) is 0 Å². The number of aliphatic hydroxyl groups is 5. The fourth-order valence-corrected chi connectivity index (χ4v) is 0.0577. The Bertz CT molecular complexity index is 60.8. The molecule has 84 valence electrons. The van der Waals surface area contributed by atoms with Crippen LogP contribution in [0.5, 0.6) is 0 Å². The Morgan fingerprint density at radius 2 is 1.08 bits per heavy atom. The summed E-state index contributed by atoms with van der Waals surface area (Å²) in [6.07, 6.45) is -1.12. The third-order valence-electron chi connectivity index (χ3n) is 0.421. The van der Waals surface area contributed by atoms with E-state index in [0.29, 0.717) is 0 Å². The van der Waals surface area contributed by atoms with Gasteiger partial charge in [-0.2, -0.15) is 0 Å². The fraction of sp³-hybridized carbons (Fsp3) is 1.00. The molecule has 5 N–H and O–H groups in total. The molecule has 0 saturated carbocycles. The number of hydrogen-bond donors (Lipinski definition) is 5. The van der Waals surface area contributed by atoms with Gasteiger partial charge < -0.3 is 25.5 Å². The highest BCUT2D eigenvalue weighted by Crippen LogP contribution is 1.71. The van der Waals surface area contributed by atoms with E-state index in [4.69, 9.17) is 25.5 Å². The Hall–Kier alpha value is -0.200. The Morgan fingerprint density at radius 3 is 1.08 bits per heavy atom. The molecule has 0 rings (SSSR count). The Labute approximate surface area is 79.3 Å². The second kappa shape index (κ2) is 17.8. The van der Waals surface area contributed by atoms with E-state index in [2.05, 4.69) is 0 Å². The summed E-state index contributed by atoms with van der Waals surface area (Å²) in [6.45, 7) is 4.65. The molecule has 0 bridgehead atoms. The zero-order chi connectivity index (χ0) is 11.3. The highest BCUT2D eigenvalue weighted by Gasteiger charge is 1.93. The Kier molecular flexibility index (Phi) is 25.4. The summed E-state index contributed by atoms with van der Waals surface area (Å²) >= 11 is 0. The van der Waals surface area contributed by atoms with Crippen LogP contribution in [0.1, 0.15) is 20.8 Å². The summed E-state index contributed by atoms with van der Waals surface area (Å²) in [5, 5.41) is 39.6. The van der Waals surface area contributed by atoms with E-state index in [0.717, 1.165) is 0 Å². The first-order valence-electron chi connectivity index (χ1n) is 4.14. The van der Waals surface area contributed by atoms with E-state index in [1.54, 1.807) is 20.8 Å². The Balaban J connectivity index is -0.000000125. The standard InChI is InChI=1S/C3H8O3.C3H8O.C2H6O/c4-1-3(6)2-5;1-3(2)4;1-2-3/h3-6H,1-2H2;3-4H,1-2H3;3H,2H2,1H3. The molecule has 0 atom stereocenters. The average Bonchev–Trinajstić information content (AvgIpc) is 2.03. The maximum atomic E-state index is 8.17. The first-order chi connectivity index (χ1) is 5.95. The lowest BCUT2D eigenvalue weighted by atomic mass is 10.4. The third kappa shape index (κ3) is 78.5. The maximum absolute atomic E-state index is 8.17. The minimum absolute atomic E-state index is 0.167. The second-order valence-electron chi connectivity index (χ2n) is 2.43. The zero-order valence-corrected chi connectivity index (χ0v) is 8.51. The molecule has 5 heteroatoms. The van der Waals surface area contributed by atoms with Gasteiger partial charge in [0.25, 0.3) is 0 Å². The number of aliphatic hydroxyl groups excluding tert-OH is 5. The quantitative estimate of drug-likeness (QED) is 0.380. The fourth-order valence-electron chi connectivity index (χ4n) is 0.0577. The predicted molar refractivity (Wildman–Crippen MR) is 50.3 cm³/mol. The van der Waals surface area contributed by atoms with Gasteiger partial charge in [0.2, 0.25) is 0 Å². The van der Waals surface area contributed by atoms with Gasteiger partial charge in [0, 0.05) is 12.7 Å². The van der Waals surface area contributed by atoms with Crippen molar-refractivity contribution in [2.24, 2.45) is 0 Å². The first-order valence-corrected chi connectivity index (χ1v) is 4.14. The van der Waals surface area contributed by atoms with Crippen LogP contribution in [0.25, 0.3) is 0 Å². The topological polar surface area (TPSA) is 101 Å². The van der Waals surface area contributed by atoms with Gasteiger partial charge in [-0.25, -0.2) is 0 Å². The molecule has 0 unspecified atom stereocenters. The van der Waals surface area contributed by atoms with E-state index in [1.807, 2.05) is 0 Å². The van der Waals surface area contributed by atoms with Crippen molar-refractivity contribution in [2.45, 2.75) is 33.0 Å². The monoisotopic (exact) mass is 198 g/mol. The molecule has 0 saturated heterocycles. The second-order valence-corrected chi connectivity index (χ2v) is 2.43.